The first-order valence-corrected chi connectivity index (χ1v) is 12.6. The average Bonchev–Trinajstić information content (AvgIpc) is 3.16. The first-order valence-electron chi connectivity index (χ1n) is 10.7. The summed E-state index contributed by atoms with van der Waals surface area (Å²) in [6.07, 6.45) is 4.09. The van der Waals surface area contributed by atoms with Crippen molar-refractivity contribution in [3.8, 4) is 16.9 Å². The first-order chi connectivity index (χ1) is 14.8. The lowest BCUT2D eigenvalue weighted by atomic mass is 9.87. The number of fused-ring (bicyclic) bond motifs is 1. The Morgan fingerprint density at radius 2 is 1.97 bits per heavy atom. The van der Waals surface area contributed by atoms with E-state index in [4.69, 9.17) is 9.47 Å². The highest BCUT2D eigenvalue weighted by Gasteiger charge is 2.27. The van der Waals surface area contributed by atoms with Crippen LogP contribution in [0.25, 0.3) is 11.1 Å². The Morgan fingerprint density at radius 1 is 1.16 bits per heavy atom. The van der Waals surface area contributed by atoms with E-state index in [1.165, 1.54) is 11.8 Å². The van der Waals surface area contributed by atoms with Crippen molar-refractivity contribution in [3.05, 3.63) is 47.0 Å². The fraction of sp³-hybridized carbons (Fsp3) is 0.458. The highest BCUT2D eigenvalue weighted by Crippen LogP contribution is 2.41. The van der Waals surface area contributed by atoms with Gasteiger partial charge >= 0.3 is 0 Å². The molecule has 7 heteroatoms. The van der Waals surface area contributed by atoms with Crippen LogP contribution in [0, 0.1) is 0 Å². The monoisotopic (exact) mass is 443 g/mol. The molecule has 2 aromatic carbocycles. The summed E-state index contributed by atoms with van der Waals surface area (Å²) >= 11 is 0. The Morgan fingerprint density at radius 3 is 2.61 bits per heavy atom. The summed E-state index contributed by atoms with van der Waals surface area (Å²) in [5, 5.41) is 0. The van der Waals surface area contributed by atoms with Crippen LogP contribution >= 0.6 is 0 Å². The van der Waals surface area contributed by atoms with Crippen LogP contribution in [0.1, 0.15) is 49.3 Å². The number of ether oxygens (including phenoxy) is 2. The summed E-state index contributed by atoms with van der Waals surface area (Å²) in [5.41, 5.74) is 5.00. The van der Waals surface area contributed by atoms with Gasteiger partial charge in [0.1, 0.15) is 5.75 Å². The molecule has 1 amide bonds. The normalized spacial score (nSPS) is 18.8. The predicted molar refractivity (Wildman–Crippen MR) is 119 cm³/mol. The SMILES string of the molecule is CC(C)Oc1ccc(S(C)(=O)=O)cc1-c1cc(C2CCCOC2)cc2c1CN(C=O)C2. The fourth-order valence-electron chi connectivity index (χ4n) is 4.42. The van der Waals surface area contributed by atoms with Gasteiger partial charge in [-0.1, -0.05) is 12.1 Å². The molecule has 0 aliphatic carbocycles. The number of carbonyl (C=O) groups excluding carboxylic acids is 1. The summed E-state index contributed by atoms with van der Waals surface area (Å²) in [7, 11) is -3.38. The number of carbonyl (C=O) groups is 1. The van der Waals surface area contributed by atoms with Crippen molar-refractivity contribution >= 4 is 16.2 Å². The lowest BCUT2D eigenvalue weighted by molar-refractivity contribution is -0.118. The summed E-state index contributed by atoms with van der Waals surface area (Å²) in [5.74, 6) is 0.932. The lowest BCUT2D eigenvalue weighted by Gasteiger charge is -2.24. The van der Waals surface area contributed by atoms with Crippen LogP contribution in [-0.2, 0) is 32.5 Å². The maximum Gasteiger partial charge on any atom is 0.210 e. The lowest BCUT2D eigenvalue weighted by Crippen LogP contribution is -2.16. The third-order valence-corrected chi connectivity index (χ3v) is 7.02. The van der Waals surface area contributed by atoms with Gasteiger partial charge in [-0.2, -0.15) is 0 Å². The molecule has 4 rings (SSSR count). The number of nitrogens with zero attached hydrogens (tertiary/aromatic N) is 1. The number of hydrogen-bond donors (Lipinski definition) is 0. The van der Waals surface area contributed by atoms with Crippen molar-refractivity contribution < 1.29 is 22.7 Å². The minimum atomic E-state index is -3.38. The zero-order chi connectivity index (χ0) is 22.2. The molecule has 6 nitrogen and oxygen atoms in total. The zero-order valence-corrected chi connectivity index (χ0v) is 19.1. The molecule has 2 aliphatic heterocycles. The summed E-state index contributed by atoms with van der Waals surface area (Å²) in [6, 6.07) is 9.35. The van der Waals surface area contributed by atoms with E-state index in [-0.39, 0.29) is 16.9 Å². The molecule has 0 saturated carbocycles. The van der Waals surface area contributed by atoms with Crippen LogP contribution in [-0.4, -0.2) is 45.3 Å². The van der Waals surface area contributed by atoms with Crippen molar-refractivity contribution in [1.29, 1.82) is 0 Å². The minimum Gasteiger partial charge on any atom is -0.490 e. The van der Waals surface area contributed by atoms with E-state index in [9.17, 15) is 13.2 Å². The second-order valence-electron chi connectivity index (χ2n) is 8.73. The highest BCUT2D eigenvalue weighted by atomic mass is 32.2. The second kappa shape index (κ2) is 8.63. The van der Waals surface area contributed by atoms with E-state index in [2.05, 4.69) is 12.1 Å². The number of benzene rings is 2. The van der Waals surface area contributed by atoms with Crippen LogP contribution in [0.15, 0.2) is 35.2 Å². The largest absolute Gasteiger partial charge is 0.490 e. The third kappa shape index (κ3) is 4.62. The van der Waals surface area contributed by atoms with E-state index < -0.39 is 9.84 Å². The number of sulfone groups is 1. The molecule has 1 unspecified atom stereocenters. The van der Waals surface area contributed by atoms with E-state index in [0.29, 0.717) is 25.4 Å². The van der Waals surface area contributed by atoms with Gasteiger partial charge in [-0.3, -0.25) is 4.79 Å². The van der Waals surface area contributed by atoms with Crippen LogP contribution in [0.3, 0.4) is 0 Å². The van der Waals surface area contributed by atoms with Crippen LogP contribution in [0.4, 0.5) is 0 Å². The standard InChI is InChI=1S/C24H29NO5S/c1-16(2)30-24-7-6-20(31(3,27)28)11-22(24)21-10-18(17-5-4-8-29-14-17)9-19-12-25(15-26)13-23(19)21/h6-7,9-11,15-17H,4-5,8,12-14H2,1-3H3. The van der Waals surface area contributed by atoms with Crippen molar-refractivity contribution in [1.82, 2.24) is 4.90 Å². The van der Waals surface area contributed by atoms with Crippen LogP contribution in [0.2, 0.25) is 0 Å². The second-order valence-corrected chi connectivity index (χ2v) is 10.7. The van der Waals surface area contributed by atoms with Gasteiger partial charge in [-0.25, -0.2) is 8.42 Å². The van der Waals surface area contributed by atoms with Gasteiger partial charge in [-0.05, 0) is 67.1 Å². The molecule has 1 fully saturated rings. The summed E-state index contributed by atoms with van der Waals surface area (Å²) in [4.78, 5) is 13.5. The molecule has 2 aliphatic rings. The molecule has 31 heavy (non-hydrogen) atoms. The number of hydrogen-bond acceptors (Lipinski definition) is 5. The van der Waals surface area contributed by atoms with Crippen LogP contribution in [0.5, 0.6) is 5.75 Å². The molecule has 166 valence electrons. The Bertz CT molecular complexity index is 1090. The third-order valence-electron chi connectivity index (χ3n) is 5.91. The molecule has 0 bridgehead atoms. The maximum absolute atomic E-state index is 12.3. The average molecular weight is 444 g/mol. The molecule has 1 saturated heterocycles. The van der Waals surface area contributed by atoms with Gasteiger partial charge in [0.15, 0.2) is 9.84 Å². The zero-order valence-electron chi connectivity index (χ0n) is 18.3. The topological polar surface area (TPSA) is 72.9 Å². The number of rotatable bonds is 6. The van der Waals surface area contributed by atoms with Gasteiger partial charge < -0.3 is 14.4 Å². The first kappa shape index (κ1) is 21.8. The van der Waals surface area contributed by atoms with Gasteiger partial charge in [0.25, 0.3) is 0 Å². The Labute approximate surface area is 184 Å². The summed E-state index contributed by atoms with van der Waals surface area (Å²) in [6.45, 7) is 6.41. The Kier molecular flexibility index (Phi) is 6.08. The van der Waals surface area contributed by atoms with E-state index in [0.717, 1.165) is 48.1 Å². The maximum atomic E-state index is 12.3. The van der Waals surface area contributed by atoms with E-state index in [1.807, 2.05) is 13.8 Å². The molecule has 0 spiro atoms. The molecule has 0 radical (unpaired) electrons. The minimum absolute atomic E-state index is 0.0581. The van der Waals surface area contributed by atoms with Crippen LogP contribution < -0.4 is 4.74 Å². The van der Waals surface area contributed by atoms with E-state index in [1.54, 1.807) is 23.1 Å². The molecule has 0 aromatic heterocycles. The molecule has 2 aromatic rings. The molecular formula is C24H29NO5S. The van der Waals surface area contributed by atoms with Crippen molar-refractivity contribution in [3.63, 3.8) is 0 Å². The molecule has 2 heterocycles. The van der Waals surface area contributed by atoms with Gasteiger partial charge in [0.2, 0.25) is 6.41 Å². The van der Waals surface area contributed by atoms with Crippen molar-refractivity contribution in [2.24, 2.45) is 0 Å². The smallest absolute Gasteiger partial charge is 0.210 e. The fourth-order valence-corrected chi connectivity index (χ4v) is 5.07. The van der Waals surface area contributed by atoms with E-state index >= 15 is 0 Å². The Balaban J connectivity index is 1.91. The van der Waals surface area contributed by atoms with Gasteiger partial charge in [0, 0.05) is 37.4 Å². The predicted octanol–water partition coefficient (Wildman–Crippen LogP) is 3.91. The molecule has 1 atom stereocenters. The van der Waals surface area contributed by atoms with Gasteiger partial charge in [0.05, 0.1) is 17.6 Å². The van der Waals surface area contributed by atoms with Crippen molar-refractivity contribution in [2.45, 2.75) is 56.7 Å². The van der Waals surface area contributed by atoms with Gasteiger partial charge in [-0.15, -0.1) is 0 Å². The number of amides is 1. The summed E-state index contributed by atoms with van der Waals surface area (Å²) < 4.78 is 36.3. The molecular weight excluding hydrogens is 414 g/mol. The van der Waals surface area contributed by atoms with Crippen molar-refractivity contribution in [2.75, 3.05) is 19.5 Å². The molecule has 0 N–H and O–H groups in total. The Hall–Kier alpha value is -2.38. The highest BCUT2D eigenvalue weighted by molar-refractivity contribution is 7.90. The quantitative estimate of drug-likeness (QED) is 0.633.